The summed E-state index contributed by atoms with van der Waals surface area (Å²) in [6.45, 7) is 0.763. The molecule has 0 bridgehead atoms. The molecule has 23 heavy (non-hydrogen) atoms. The standard InChI is InChI=1S/C20H25NO.ClH/c22-20-12-11-17(13-16-7-3-1-4-8-16)14-18(20)15-21-19-9-5-2-6-10-19;/h1,3-4,7-8,11-12,14,19,21-22H,2,5-6,9-10,13,15H2;1H. The minimum absolute atomic E-state index is 0. The predicted molar refractivity (Wildman–Crippen MR) is 98.3 cm³/mol. The Morgan fingerprint density at radius 3 is 2.39 bits per heavy atom. The molecule has 0 aliphatic heterocycles. The number of nitrogens with one attached hydrogen (secondary N) is 1. The largest absolute Gasteiger partial charge is 0.508 e. The third-order valence-electron chi connectivity index (χ3n) is 4.58. The number of rotatable bonds is 5. The molecule has 0 aromatic heterocycles. The van der Waals surface area contributed by atoms with Crippen LogP contribution in [-0.2, 0) is 13.0 Å². The Labute approximate surface area is 145 Å². The van der Waals surface area contributed by atoms with Crippen LogP contribution in [0.5, 0.6) is 5.75 Å². The zero-order chi connectivity index (χ0) is 15.2. The Morgan fingerprint density at radius 2 is 1.65 bits per heavy atom. The first kappa shape index (κ1) is 17.8. The molecule has 2 aromatic rings. The SMILES string of the molecule is Cl.Oc1ccc(Cc2ccccc2)cc1CNC1CCCCC1. The van der Waals surface area contributed by atoms with E-state index in [4.69, 9.17) is 0 Å². The summed E-state index contributed by atoms with van der Waals surface area (Å²) in [4.78, 5) is 0. The fraction of sp³-hybridized carbons (Fsp3) is 0.400. The van der Waals surface area contributed by atoms with Crippen LogP contribution < -0.4 is 5.32 Å². The Kier molecular flexibility index (Phi) is 6.94. The molecule has 2 nitrogen and oxygen atoms in total. The Hall–Kier alpha value is -1.51. The molecule has 0 saturated heterocycles. The second-order valence-corrected chi connectivity index (χ2v) is 6.34. The average molecular weight is 332 g/mol. The molecule has 0 heterocycles. The van der Waals surface area contributed by atoms with Gasteiger partial charge in [0, 0.05) is 18.2 Å². The number of phenols is 1. The van der Waals surface area contributed by atoms with Crippen molar-refractivity contribution in [2.75, 3.05) is 0 Å². The first-order valence-electron chi connectivity index (χ1n) is 8.39. The van der Waals surface area contributed by atoms with Crippen molar-refractivity contribution >= 4 is 12.4 Å². The van der Waals surface area contributed by atoms with Gasteiger partial charge in [-0.1, -0.05) is 61.7 Å². The van der Waals surface area contributed by atoms with Crippen molar-refractivity contribution in [3.05, 3.63) is 65.2 Å². The molecule has 3 heteroatoms. The lowest BCUT2D eigenvalue weighted by molar-refractivity contribution is 0.369. The van der Waals surface area contributed by atoms with Crippen molar-refractivity contribution in [2.24, 2.45) is 0 Å². The van der Waals surface area contributed by atoms with E-state index in [1.54, 1.807) is 0 Å². The molecule has 3 rings (SSSR count). The van der Waals surface area contributed by atoms with E-state index < -0.39 is 0 Å². The molecule has 1 aliphatic carbocycles. The van der Waals surface area contributed by atoms with E-state index >= 15 is 0 Å². The summed E-state index contributed by atoms with van der Waals surface area (Å²) in [6, 6.07) is 17.1. The van der Waals surface area contributed by atoms with Gasteiger partial charge >= 0.3 is 0 Å². The van der Waals surface area contributed by atoms with Crippen LogP contribution in [0.1, 0.15) is 48.8 Å². The van der Waals surface area contributed by atoms with Gasteiger partial charge in [0.2, 0.25) is 0 Å². The first-order valence-corrected chi connectivity index (χ1v) is 8.39. The number of benzene rings is 2. The summed E-state index contributed by atoms with van der Waals surface area (Å²) in [6.07, 6.45) is 7.48. The molecule has 0 spiro atoms. The van der Waals surface area contributed by atoms with E-state index in [0.29, 0.717) is 11.8 Å². The summed E-state index contributed by atoms with van der Waals surface area (Å²) in [7, 11) is 0. The number of halogens is 1. The van der Waals surface area contributed by atoms with Crippen molar-refractivity contribution < 1.29 is 5.11 Å². The zero-order valence-corrected chi connectivity index (χ0v) is 14.3. The van der Waals surface area contributed by atoms with Crippen LogP contribution in [0.15, 0.2) is 48.5 Å². The molecule has 0 radical (unpaired) electrons. The summed E-state index contributed by atoms with van der Waals surface area (Å²) >= 11 is 0. The van der Waals surface area contributed by atoms with E-state index in [2.05, 4.69) is 35.6 Å². The Morgan fingerprint density at radius 1 is 0.913 bits per heavy atom. The van der Waals surface area contributed by atoms with Gasteiger partial charge in [0.1, 0.15) is 5.75 Å². The van der Waals surface area contributed by atoms with Gasteiger partial charge in [-0.15, -0.1) is 12.4 Å². The highest BCUT2D eigenvalue weighted by Crippen LogP contribution is 2.22. The Balaban J connectivity index is 0.00000192. The van der Waals surface area contributed by atoms with Crippen molar-refractivity contribution in [3.63, 3.8) is 0 Å². The van der Waals surface area contributed by atoms with Crippen LogP contribution in [-0.4, -0.2) is 11.1 Å². The van der Waals surface area contributed by atoms with Crippen LogP contribution in [0.25, 0.3) is 0 Å². The highest BCUT2D eigenvalue weighted by Gasteiger charge is 2.13. The lowest BCUT2D eigenvalue weighted by Gasteiger charge is -2.23. The second-order valence-electron chi connectivity index (χ2n) is 6.34. The average Bonchev–Trinajstić information content (AvgIpc) is 2.57. The van der Waals surface area contributed by atoms with E-state index in [-0.39, 0.29) is 12.4 Å². The lowest BCUT2D eigenvalue weighted by Crippen LogP contribution is -2.30. The normalized spacial score (nSPS) is 15.1. The van der Waals surface area contributed by atoms with Crippen molar-refractivity contribution in [2.45, 2.75) is 51.1 Å². The number of hydrogen-bond donors (Lipinski definition) is 2. The maximum Gasteiger partial charge on any atom is 0.120 e. The maximum absolute atomic E-state index is 10.1. The van der Waals surface area contributed by atoms with Gasteiger partial charge in [-0.25, -0.2) is 0 Å². The number of hydrogen-bond acceptors (Lipinski definition) is 2. The highest BCUT2D eigenvalue weighted by atomic mass is 35.5. The minimum Gasteiger partial charge on any atom is -0.508 e. The third kappa shape index (κ3) is 5.26. The lowest BCUT2D eigenvalue weighted by atomic mass is 9.95. The van der Waals surface area contributed by atoms with Gasteiger partial charge in [0.05, 0.1) is 0 Å². The van der Waals surface area contributed by atoms with Crippen LogP contribution in [0.3, 0.4) is 0 Å². The molecule has 1 fully saturated rings. The monoisotopic (exact) mass is 331 g/mol. The van der Waals surface area contributed by atoms with Crippen LogP contribution in [0.4, 0.5) is 0 Å². The molecule has 1 saturated carbocycles. The second kappa shape index (κ2) is 8.95. The van der Waals surface area contributed by atoms with Gasteiger partial charge in [-0.2, -0.15) is 0 Å². The molecule has 0 atom stereocenters. The molecule has 2 N–H and O–H groups in total. The van der Waals surface area contributed by atoms with Crippen LogP contribution >= 0.6 is 12.4 Å². The highest BCUT2D eigenvalue weighted by molar-refractivity contribution is 5.85. The maximum atomic E-state index is 10.1. The molecule has 124 valence electrons. The molecular formula is C20H26ClNO. The summed E-state index contributed by atoms with van der Waals surface area (Å²) < 4.78 is 0. The van der Waals surface area contributed by atoms with E-state index in [1.165, 1.54) is 43.2 Å². The molecule has 2 aromatic carbocycles. The van der Waals surface area contributed by atoms with E-state index in [0.717, 1.165) is 18.5 Å². The smallest absolute Gasteiger partial charge is 0.120 e. The topological polar surface area (TPSA) is 32.3 Å². The molecule has 1 aliphatic rings. The Bertz CT molecular complexity index is 594. The summed E-state index contributed by atoms with van der Waals surface area (Å²) in [5.74, 6) is 0.403. The summed E-state index contributed by atoms with van der Waals surface area (Å²) in [5.41, 5.74) is 3.57. The number of aromatic hydroxyl groups is 1. The van der Waals surface area contributed by atoms with Gasteiger partial charge in [-0.3, -0.25) is 0 Å². The fourth-order valence-electron chi connectivity index (χ4n) is 3.28. The van der Waals surface area contributed by atoms with E-state index in [1.807, 2.05) is 18.2 Å². The van der Waals surface area contributed by atoms with Crippen LogP contribution in [0, 0.1) is 0 Å². The van der Waals surface area contributed by atoms with Crippen molar-refractivity contribution in [3.8, 4) is 5.75 Å². The number of phenolic OH excluding ortho intramolecular Hbond substituents is 1. The minimum atomic E-state index is 0. The zero-order valence-electron chi connectivity index (χ0n) is 13.5. The van der Waals surface area contributed by atoms with Gasteiger partial charge in [0.15, 0.2) is 0 Å². The summed E-state index contributed by atoms with van der Waals surface area (Å²) in [5, 5.41) is 13.7. The van der Waals surface area contributed by atoms with E-state index in [9.17, 15) is 5.11 Å². The van der Waals surface area contributed by atoms with Crippen molar-refractivity contribution in [1.29, 1.82) is 0 Å². The molecular weight excluding hydrogens is 306 g/mol. The van der Waals surface area contributed by atoms with Gasteiger partial charge in [-0.05, 0) is 36.5 Å². The fourth-order valence-corrected chi connectivity index (χ4v) is 3.28. The molecule has 0 amide bonds. The molecule has 0 unspecified atom stereocenters. The van der Waals surface area contributed by atoms with Gasteiger partial charge in [0.25, 0.3) is 0 Å². The quantitative estimate of drug-likeness (QED) is 0.822. The van der Waals surface area contributed by atoms with Crippen molar-refractivity contribution in [1.82, 2.24) is 5.32 Å². The predicted octanol–water partition coefficient (Wildman–Crippen LogP) is 4.83. The van der Waals surface area contributed by atoms with Crippen LogP contribution in [0.2, 0.25) is 0 Å². The first-order chi connectivity index (χ1) is 10.8. The van der Waals surface area contributed by atoms with Gasteiger partial charge < -0.3 is 10.4 Å². The third-order valence-corrected chi connectivity index (χ3v) is 4.58.